The maximum atomic E-state index is 13.2. The number of benzene rings is 1. The average Bonchev–Trinajstić information content (AvgIpc) is 2.61. The number of rotatable bonds is 4. The number of carbonyl (C=O) groups is 1. The smallest absolute Gasteiger partial charge is 0.325 e. The van der Waals surface area contributed by atoms with Gasteiger partial charge >= 0.3 is 6.18 Å². The Morgan fingerprint density at radius 3 is 2.37 bits per heavy atom. The molecular formula is C18H13F3N4OS. The van der Waals surface area contributed by atoms with E-state index in [1.807, 2.05) is 6.07 Å². The standard InChI is InChI=1S/C18H13F3N4OS/c1-10-7-15(18(19,20)21)14(9-23)17(24-10)27-11(2)16(26)25-13-5-3-12(8-22)4-6-13/h3-7,11H,1-2H3,(H,25,26)/t11-/m1/s1. The van der Waals surface area contributed by atoms with Gasteiger partial charge in [-0.05, 0) is 44.2 Å². The lowest BCUT2D eigenvalue weighted by molar-refractivity contribution is -0.138. The van der Waals surface area contributed by atoms with E-state index in [0.717, 1.165) is 17.8 Å². The lowest BCUT2D eigenvalue weighted by Gasteiger charge is -2.15. The summed E-state index contributed by atoms with van der Waals surface area (Å²) >= 11 is 0.776. The number of pyridine rings is 1. The van der Waals surface area contributed by atoms with Gasteiger partial charge in [-0.25, -0.2) is 4.98 Å². The highest BCUT2D eigenvalue weighted by molar-refractivity contribution is 8.00. The Morgan fingerprint density at radius 2 is 1.85 bits per heavy atom. The van der Waals surface area contributed by atoms with Crippen LogP contribution in [0, 0.1) is 29.6 Å². The second-order valence-corrected chi connectivity index (χ2v) is 6.87. The highest BCUT2D eigenvalue weighted by Gasteiger charge is 2.36. The molecule has 138 valence electrons. The lowest BCUT2D eigenvalue weighted by atomic mass is 10.1. The van der Waals surface area contributed by atoms with Crippen molar-refractivity contribution < 1.29 is 18.0 Å². The third kappa shape index (κ3) is 4.99. The summed E-state index contributed by atoms with van der Waals surface area (Å²) in [6, 6.07) is 10.4. The molecular weight excluding hydrogens is 377 g/mol. The molecule has 9 heteroatoms. The summed E-state index contributed by atoms with van der Waals surface area (Å²) in [5.74, 6) is -0.467. The fourth-order valence-electron chi connectivity index (χ4n) is 2.15. The maximum absolute atomic E-state index is 13.2. The molecule has 27 heavy (non-hydrogen) atoms. The number of thioether (sulfide) groups is 1. The first-order valence-corrected chi connectivity index (χ1v) is 8.50. The van der Waals surface area contributed by atoms with Crippen LogP contribution in [0.15, 0.2) is 35.4 Å². The van der Waals surface area contributed by atoms with Crippen LogP contribution in [0.5, 0.6) is 0 Å². The van der Waals surface area contributed by atoms with Crippen molar-refractivity contribution in [1.29, 1.82) is 10.5 Å². The average molecular weight is 390 g/mol. The molecule has 0 aliphatic carbocycles. The van der Waals surface area contributed by atoms with Crippen LogP contribution in [0.2, 0.25) is 0 Å². The molecule has 0 fully saturated rings. The van der Waals surface area contributed by atoms with E-state index in [9.17, 15) is 18.0 Å². The molecule has 0 bridgehead atoms. The van der Waals surface area contributed by atoms with E-state index >= 15 is 0 Å². The van der Waals surface area contributed by atoms with Gasteiger partial charge in [-0.15, -0.1) is 0 Å². The van der Waals surface area contributed by atoms with Gasteiger partial charge in [0.1, 0.15) is 11.1 Å². The Bertz CT molecular complexity index is 943. The predicted octanol–water partition coefficient (Wildman–Crippen LogP) is 4.27. The summed E-state index contributed by atoms with van der Waals surface area (Å²) in [7, 11) is 0. The molecule has 1 amide bonds. The molecule has 0 aliphatic rings. The van der Waals surface area contributed by atoms with Crippen LogP contribution >= 0.6 is 11.8 Å². The van der Waals surface area contributed by atoms with Crippen LogP contribution in [0.25, 0.3) is 0 Å². The number of nitrogens with one attached hydrogen (secondary N) is 1. The van der Waals surface area contributed by atoms with Crippen molar-refractivity contribution in [2.24, 2.45) is 0 Å². The predicted molar refractivity (Wildman–Crippen MR) is 93.8 cm³/mol. The molecule has 0 saturated carbocycles. The summed E-state index contributed by atoms with van der Waals surface area (Å²) in [4.78, 5) is 16.3. The van der Waals surface area contributed by atoms with Crippen molar-refractivity contribution >= 4 is 23.4 Å². The van der Waals surface area contributed by atoms with E-state index in [4.69, 9.17) is 10.5 Å². The number of alkyl halides is 3. The highest BCUT2D eigenvalue weighted by atomic mass is 32.2. The van der Waals surface area contributed by atoms with Crippen LogP contribution in [0.3, 0.4) is 0 Å². The molecule has 1 aromatic heterocycles. The minimum absolute atomic E-state index is 0.100. The van der Waals surface area contributed by atoms with Gasteiger partial charge in [0.05, 0.1) is 28.0 Å². The van der Waals surface area contributed by atoms with E-state index < -0.39 is 28.5 Å². The number of aromatic nitrogens is 1. The Labute approximate surface area is 157 Å². The van der Waals surface area contributed by atoms with Crippen molar-refractivity contribution in [2.45, 2.75) is 30.3 Å². The molecule has 5 nitrogen and oxygen atoms in total. The van der Waals surface area contributed by atoms with Crippen LogP contribution in [0.4, 0.5) is 18.9 Å². The third-order valence-electron chi connectivity index (χ3n) is 3.47. The molecule has 0 saturated heterocycles. The number of anilines is 1. The van der Waals surface area contributed by atoms with E-state index in [1.165, 1.54) is 32.0 Å². The van der Waals surface area contributed by atoms with Crippen LogP contribution in [0.1, 0.15) is 29.3 Å². The quantitative estimate of drug-likeness (QED) is 0.788. The molecule has 1 heterocycles. The molecule has 1 N–H and O–H groups in total. The van der Waals surface area contributed by atoms with Crippen LogP contribution in [-0.4, -0.2) is 16.1 Å². The van der Waals surface area contributed by atoms with E-state index in [1.54, 1.807) is 12.1 Å². The first kappa shape index (κ1) is 20.3. The SMILES string of the molecule is Cc1cc(C(F)(F)F)c(C#N)c(S[C@H](C)C(=O)Nc2ccc(C#N)cc2)n1. The van der Waals surface area contributed by atoms with E-state index in [0.29, 0.717) is 11.3 Å². The molecule has 2 rings (SSSR count). The van der Waals surface area contributed by atoms with Crippen LogP contribution < -0.4 is 5.32 Å². The van der Waals surface area contributed by atoms with Crippen molar-refractivity contribution in [3.8, 4) is 12.1 Å². The number of hydrogen-bond acceptors (Lipinski definition) is 5. The Hall–Kier alpha value is -3.04. The molecule has 0 unspecified atom stereocenters. The van der Waals surface area contributed by atoms with Gasteiger partial charge in [0.15, 0.2) is 0 Å². The zero-order valence-electron chi connectivity index (χ0n) is 14.3. The second kappa shape index (κ2) is 8.11. The van der Waals surface area contributed by atoms with Gasteiger partial charge in [-0.3, -0.25) is 4.79 Å². The van der Waals surface area contributed by atoms with Gasteiger partial charge in [0.25, 0.3) is 0 Å². The number of nitrogens with zero attached hydrogens (tertiary/aromatic N) is 3. The number of halogens is 3. The first-order valence-electron chi connectivity index (χ1n) is 7.62. The third-order valence-corrected chi connectivity index (χ3v) is 4.56. The summed E-state index contributed by atoms with van der Waals surface area (Å²) in [5, 5.41) is 19.6. The van der Waals surface area contributed by atoms with Crippen molar-refractivity contribution in [3.63, 3.8) is 0 Å². The molecule has 2 aromatic rings. The van der Waals surface area contributed by atoms with E-state index in [2.05, 4.69) is 10.3 Å². The van der Waals surface area contributed by atoms with Gasteiger partial charge < -0.3 is 5.32 Å². The van der Waals surface area contributed by atoms with Crippen molar-refractivity contribution in [1.82, 2.24) is 4.98 Å². The number of hydrogen-bond donors (Lipinski definition) is 1. The normalized spacial score (nSPS) is 12.0. The summed E-state index contributed by atoms with van der Waals surface area (Å²) in [6.07, 6.45) is -4.69. The number of amides is 1. The Morgan fingerprint density at radius 1 is 1.22 bits per heavy atom. The minimum atomic E-state index is -4.69. The van der Waals surface area contributed by atoms with Crippen LogP contribution in [-0.2, 0) is 11.0 Å². The summed E-state index contributed by atoms with van der Waals surface area (Å²) in [5.41, 5.74) is -0.697. The second-order valence-electron chi connectivity index (χ2n) is 5.54. The first-order chi connectivity index (χ1) is 12.7. The molecule has 1 atom stereocenters. The topological polar surface area (TPSA) is 89.6 Å². The van der Waals surface area contributed by atoms with Gasteiger partial charge in [-0.1, -0.05) is 11.8 Å². The summed E-state index contributed by atoms with van der Waals surface area (Å²) in [6.45, 7) is 2.89. The molecule has 1 aromatic carbocycles. The van der Waals surface area contributed by atoms with Gasteiger partial charge in [0, 0.05) is 11.4 Å². The minimum Gasteiger partial charge on any atom is -0.325 e. The summed E-state index contributed by atoms with van der Waals surface area (Å²) < 4.78 is 39.5. The highest BCUT2D eigenvalue weighted by Crippen LogP contribution is 2.37. The largest absolute Gasteiger partial charge is 0.417 e. The molecule has 0 radical (unpaired) electrons. The molecule has 0 aliphatic heterocycles. The zero-order chi connectivity index (χ0) is 20.2. The van der Waals surface area contributed by atoms with E-state index in [-0.39, 0.29) is 10.7 Å². The lowest BCUT2D eigenvalue weighted by Crippen LogP contribution is -2.23. The van der Waals surface area contributed by atoms with Crippen molar-refractivity contribution in [2.75, 3.05) is 5.32 Å². The monoisotopic (exact) mass is 390 g/mol. The van der Waals surface area contributed by atoms with Crippen molar-refractivity contribution in [3.05, 3.63) is 52.7 Å². The fourth-order valence-corrected chi connectivity index (χ4v) is 3.13. The maximum Gasteiger partial charge on any atom is 0.417 e. The Balaban J connectivity index is 2.23. The fraction of sp³-hybridized carbons (Fsp3) is 0.222. The molecule has 0 spiro atoms. The van der Waals surface area contributed by atoms with Gasteiger partial charge in [0.2, 0.25) is 5.91 Å². The zero-order valence-corrected chi connectivity index (χ0v) is 15.1. The number of carbonyl (C=O) groups excluding carboxylic acids is 1. The number of aryl methyl sites for hydroxylation is 1. The Kier molecular flexibility index (Phi) is 6.09. The number of nitriles is 2. The van der Waals surface area contributed by atoms with Gasteiger partial charge in [-0.2, -0.15) is 23.7 Å².